The molecule has 0 radical (unpaired) electrons. The summed E-state index contributed by atoms with van der Waals surface area (Å²) < 4.78 is 20.4. The molecule has 0 atom stereocenters. The number of anilines is 1. The summed E-state index contributed by atoms with van der Waals surface area (Å²) in [5.41, 5.74) is 2.80. The predicted octanol–water partition coefficient (Wildman–Crippen LogP) is 3.01. The summed E-state index contributed by atoms with van der Waals surface area (Å²) in [6.45, 7) is 3.85. The number of amides is 1. The molecule has 162 valence electrons. The van der Waals surface area contributed by atoms with Crippen molar-refractivity contribution in [1.29, 1.82) is 0 Å². The van der Waals surface area contributed by atoms with Gasteiger partial charge in [0, 0.05) is 25.2 Å². The topological polar surface area (TPSA) is 84.7 Å². The van der Waals surface area contributed by atoms with Crippen LogP contribution in [0.3, 0.4) is 0 Å². The predicted molar refractivity (Wildman–Crippen MR) is 117 cm³/mol. The number of carbonyl (C=O) groups is 1. The van der Waals surface area contributed by atoms with Gasteiger partial charge in [-0.05, 0) is 36.4 Å². The number of carbonyl (C=O) groups excluding carboxylic acids is 1. The first-order chi connectivity index (χ1) is 15.7. The van der Waals surface area contributed by atoms with Crippen LogP contribution in [0.4, 0.5) is 10.2 Å². The zero-order valence-electron chi connectivity index (χ0n) is 17.2. The molecule has 1 N–H and O–H groups in total. The minimum absolute atomic E-state index is 0.263. The van der Waals surface area contributed by atoms with Gasteiger partial charge < -0.3 is 10.1 Å². The van der Waals surface area contributed by atoms with Gasteiger partial charge in [-0.1, -0.05) is 18.2 Å². The fraction of sp³-hybridized carbons (Fsp3) is 0.217. The fourth-order valence-corrected chi connectivity index (χ4v) is 3.64. The number of hydrogen-bond acceptors (Lipinski definition) is 6. The van der Waals surface area contributed by atoms with Crippen molar-refractivity contribution in [2.45, 2.75) is 6.54 Å². The molecule has 0 aliphatic carbocycles. The minimum atomic E-state index is -0.377. The highest BCUT2D eigenvalue weighted by Crippen LogP contribution is 2.19. The molecule has 1 fully saturated rings. The van der Waals surface area contributed by atoms with Crippen molar-refractivity contribution in [2.75, 3.05) is 31.6 Å². The number of halogens is 1. The van der Waals surface area contributed by atoms with Crippen LogP contribution in [0.1, 0.15) is 16.2 Å². The average molecular weight is 432 g/mol. The van der Waals surface area contributed by atoms with Crippen LogP contribution in [0.25, 0.3) is 16.9 Å². The van der Waals surface area contributed by atoms with Crippen molar-refractivity contribution in [3.63, 3.8) is 0 Å². The highest BCUT2D eigenvalue weighted by molar-refractivity contribution is 6.02. The standard InChI is InChI=1S/C23H21FN6O2/c24-17-4-1-3-16(13-17)19-7-8-22-25-14-20(30(22)28-19)23(31)27-21-6-2-5-18(26-21)15-29-9-11-32-12-10-29/h1-8,13-14H,9-12,15H2,(H,26,27,31). The molecule has 1 amide bonds. The van der Waals surface area contributed by atoms with E-state index in [0.717, 1.165) is 32.0 Å². The third kappa shape index (κ3) is 4.34. The van der Waals surface area contributed by atoms with Crippen LogP contribution in [-0.4, -0.2) is 56.7 Å². The molecule has 4 aromatic rings. The van der Waals surface area contributed by atoms with E-state index >= 15 is 0 Å². The monoisotopic (exact) mass is 432 g/mol. The van der Waals surface area contributed by atoms with Crippen molar-refractivity contribution in [3.8, 4) is 11.3 Å². The van der Waals surface area contributed by atoms with Crippen LogP contribution < -0.4 is 5.32 Å². The van der Waals surface area contributed by atoms with Gasteiger partial charge in [0.15, 0.2) is 11.3 Å². The van der Waals surface area contributed by atoms with Gasteiger partial charge >= 0.3 is 0 Å². The molecule has 0 bridgehead atoms. The number of ether oxygens (including phenoxy) is 1. The average Bonchev–Trinajstić information content (AvgIpc) is 3.23. The van der Waals surface area contributed by atoms with Crippen LogP contribution in [0.2, 0.25) is 0 Å². The Balaban J connectivity index is 1.37. The van der Waals surface area contributed by atoms with E-state index in [9.17, 15) is 9.18 Å². The van der Waals surface area contributed by atoms with Crippen LogP contribution in [0.5, 0.6) is 0 Å². The summed E-state index contributed by atoms with van der Waals surface area (Å²) in [7, 11) is 0. The number of nitrogens with zero attached hydrogens (tertiary/aromatic N) is 5. The second kappa shape index (κ2) is 8.81. The van der Waals surface area contributed by atoms with E-state index in [1.807, 2.05) is 12.1 Å². The van der Waals surface area contributed by atoms with Crippen molar-refractivity contribution < 1.29 is 13.9 Å². The van der Waals surface area contributed by atoms with E-state index in [1.54, 1.807) is 30.3 Å². The van der Waals surface area contributed by atoms with Gasteiger partial charge in [0.25, 0.3) is 5.91 Å². The van der Waals surface area contributed by atoms with Crippen molar-refractivity contribution in [3.05, 3.63) is 78.0 Å². The summed E-state index contributed by atoms with van der Waals surface area (Å²) in [6, 6.07) is 15.2. The first-order valence-electron chi connectivity index (χ1n) is 10.3. The number of hydrogen-bond donors (Lipinski definition) is 1. The van der Waals surface area contributed by atoms with Crippen LogP contribution in [-0.2, 0) is 11.3 Å². The highest BCUT2D eigenvalue weighted by atomic mass is 19.1. The molecule has 0 spiro atoms. The van der Waals surface area contributed by atoms with Gasteiger partial charge in [-0.25, -0.2) is 18.9 Å². The molecule has 1 aliphatic heterocycles. The van der Waals surface area contributed by atoms with Gasteiger partial charge in [-0.15, -0.1) is 0 Å². The normalized spacial score (nSPS) is 14.5. The van der Waals surface area contributed by atoms with Gasteiger partial charge in [0.05, 0.1) is 30.8 Å². The Labute approximate surface area is 183 Å². The molecule has 5 rings (SSSR count). The van der Waals surface area contributed by atoms with Gasteiger partial charge in [0.1, 0.15) is 11.6 Å². The molecule has 1 aliphatic rings. The number of nitrogens with one attached hydrogen (secondary N) is 1. The molecule has 0 saturated carbocycles. The number of rotatable bonds is 5. The smallest absolute Gasteiger partial charge is 0.277 e. The number of benzene rings is 1. The van der Waals surface area contributed by atoms with Crippen molar-refractivity contribution >= 4 is 17.4 Å². The summed E-state index contributed by atoms with van der Waals surface area (Å²) in [6.07, 6.45) is 1.46. The van der Waals surface area contributed by atoms with Crippen molar-refractivity contribution in [1.82, 2.24) is 24.5 Å². The quantitative estimate of drug-likeness (QED) is 0.522. The zero-order valence-corrected chi connectivity index (χ0v) is 17.2. The molecule has 9 heteroatoms. The van der Waals surface area contributed by atoms with E-state index in [-0.39, 0.29) is 17.4 Å². The van der Waals surface area contributed by atoms with Crippen LogP contribution in [0, 0.1) is 5.82 Å². The van der Waals surface area contributed by atoms with Gasteiger partial charge in [-0.2, -0.15) is 5.10 Å². The molecule has 32 heavy (non-hydrogen) atoms. The van der Waals surface area contributed by atoms with E-state index < -0.39 is 0 Å². The molecule has 1 aromatic carbocycles. The third-order valence-corrected chi connectivity index (χ3v) is 5.25. The van der Waals surface area contributed by atoms with E-state index in [1.165, 1.54) is 22.8 Å². The summed E-state index contributed by atoms with van der Waals surface area (Å²) in [4.78, 5) is 24.0. The molecule has 8 nitrogen and oxygen atoms in total. The number of aromatic nitrogens is 4. The Morgan fingerprint density at radius 3 is 2.78 bits per heavy atom. The molecule has 0 unspecified atom stereocenters. The Kier molecular flexibility index (Phi) is 5.57. The Morgan fingerprint density at radius 1 is 1.09 bits per heavy atom. The lowest BCUT2D eigenvalue weighted by Crippen LogP contribution is -2.35. The number of pyridine rings is 1. The molecule has 3 aromatic heterocycles. The molecular weight excluding hydrogens is 411 g/mol. The Hall–Kier alpha value is -3.69. The number of morpholine rings is 1. The number of fused-ring (bicyclic) bond motifs is 1. The van der Waals surface area contributed by atoms with Gasteiger partial charge in [-0.3, -0.25) is 9.69 Å². The summed E-state index contributed by atoms with van der Waals surface area (Å²) in [5, 5.41) is 7.32. The van der Waals surface area contributed by atoms with Gasteiger partial charge in [0.2, 0.25) is 0 Å². The maximum atomic E-state index is 13.6. The third-order valence-electron chi connectivity index (χ3n) is 5.25. The zero-order chi connectivity index (χ0) is 21.9. The second-order valence-electron chi connectivity index (χ2n) is 7.50. The maximum Gasteiger partial charge on any atom is 0.277 e. The molecule has 4 heterocycles. The lowest BCUT2D eigenvalue weighted by Gasteiger charge is -2.26. The largest absolute Gasteiger partial charge is 0.379 e. The van der Waals surface area contributed by atoms with E-state index in [4.69, 9.17) is 4.74 Å². The van der Waals surface area contributed by atoms with E-state index in [0.29, 0.717) is 29.3 Å². The Bertz CT molecular complexity index is 1270. The minimum Gasteiger partial charge on any atom is -0.379 e. The fourth-order valence-electron chi connectivity index (χ4n) is 3.64. The summed E-state index contributed by atoms with van der Waals surface area (Å²) in [5.74, 6) is -0.273. The first kappa shape index (κ1) is 20.2. The molecular formula is C23H21FN6O2. The van der Waals surface area contributed by atoms with Crippen LogP contribution in [0.15, 0.2) is 60.8 Å². The lowest BCUT2D eigenvalue weighted by atomic mass is 10.1. The van der Waals surface area contributed by atoms with Crippen molar-refractivity contribution in [2.24, 2.45) is 0 Å². The Morgan fingerprint density at radius 2 is 1.94 bits per heavy atom. The maximum absolute atomic E-state index is 13.6. The lowest BCUT2D eigenvalue weighted by molar-refractivity contribution is 0.0337. The second-order valence-corrected chi connectivity index (χ2v) is 7.50. The van der Waals surface area contributed by atoms with E-state index in [2.05, 4.69) is 25.3 Å². The first-order valence-corrected chi connectivity index (χ1v) is 10.3. The SMILES string of the molecule is O=C(Nc1cccc(CN2CCOCC2)n1)c1cnc2ccc(-c3cccc(F)c3)nn12. The summed E-state index contributed by atoms with van der Waals surface area (Å²) >= 11 is 0. The highest BCUT2D eigenvalue weighted by Gasteiger charge is 2.16. The van der Waals surface area contributed by atoms with Crippen LogP contribution >= 0.6 is 0 Å². The molecule has 1 saturated heterocycles. The number of imidazole rings is 1.